The van der Waals surface area contributed by atoms with Crippen LogP contribution in [0.15, 0.2) is 10.4 Å². The van der Waals surface area contributed by atoms with Crippen LogP contribution >= 0.6 is 11.3 Å². The summed E-state index contributed by atoms with van der Waals surface area (Å²) in [7, 11) is 1.35. The van der Waals surface area contributed by atoms with E-state index >= 15 is 0 Å². The van der Waals surface area contributed by atoms with Crippen molar-refractivity contribution in [1.29, 1.82) is 0 Å². The van der Waals surface area contributed by atoms with E-state index in [4.69, 9.17) is 0 Å². The summed E-state index contributed by atoms with van der Waals surface area (Å²) >= 11 is 0.929. The number of aliphatic imine (C=N–C) groups is 1. The molecule has 24 heavy (non-hydrogen) atoms. The highest BCUT2D eigenvalue weighted by molar-refractivity contribution is 7.09. The van der Waals surface area contributed by atoms with Gasteiger partial charge in [0.1, 0.15) is 5.01 Å². The van der Waals surface area contributed by atoms with E-state index in [1.165, 1.54) is 7.11 Å². The van der Waals surface area contributed by atoms with Gasteiger partial charge < -0.3 is 15.4 Å². The van der Waals surface area contributed by atoms with Gasteiger partial charge in [0.15, 0.2) is 11.7 Å². The van der Waals surface area contributed by atoms with Crippen LogP contribution in [0, 0.1) is 0 Å². The summed E-state index contributed by atoms with van der Waals surface area (Å²) in [6.45, 7) is 3.17. The lowest BCUT2D eigenvalue weighted by Gasteiger charge is -2.10. The molecule has 0 aliphatic rings. The Morgan fingerprint density at radius 3 is 2.71 bits per heavy atom. The number of carbonyl (C=O) groups excluding carboxylic acids is 1. The second-order valence-electron chi connectivity index (χ2n) is 4.78. The molecule has 10 heteroatoms. The smallest absolute Gasteiger partial charge is 0.434 e. The van der Waals surface area contributed by atoms with Crippen molar-refractivity contribution in [3.8, 4) is 0 Å². The van der Waals surface area contributed by atoms with Crippen LogP contribution in [0.4, 0.5) is 13.2 Å². The normalized spacial score (nSPS) is 12.1. The van der Waals surface area contributed by atoms with Crippen LogP contribution in [0.2, 0.25) is 0 Å². The first-order chi connectivity index (χ1) is 11.4. The van der Waals surface area contributed by atoms with Crippen LogP contribution in [0.25, 0.3) is 0 Å². The van der Waals surface area contributed by atoms with Crippen LogP contribution in [0.3, 0.4) is 0 Å². The number of unbranched alkanes of at least 4 members (excludes halogenated alkanes) is 1. The monoisotopic (exact) mass is 366 g/mol. The average Bonchev–Trinajstić information content (AvgIpc) is 3.01. The van der Waals surface area contributed by atoms with Crippen molar-refractivity contribution < 1.29 is 22.7 Å². The Morgan fingerprint density at radius 2 is 2.12 bits per heavy atom. The van der Waals surface area contributed by atoms with Crippen LogP contribution in [-0.4, -0.2) is 37.1 Å². The van der Waals surface area contributed by atoms with Crippen LogP contribution in [-0.2, 0) is 22.3 Å². The molecule has 0 radical (unpaired) electrons. The fourth-order valence-electron chi connectivity index (χ4n) is 1.71. The summed E-state index contributed by atoms with van der Waals surface area (Å²) in [5, 5.41) is 7.34. The zero-order valence-electron chi connectivity index (χ0n) is 13.6. The number of alkyl halides is 3. The summed E-state index contributed by atoms with van der Waals surface area (Å²) in [5.41, 5.74) is -0.890. The number of halogens is 3. The molecule has 0 aromatic carbocycles. The molecule has 136 valence electrons. The number of aromatic nitrogens is 1. The average molecular weight is 366 g/mol. The number of rotatable bonds is 8. The van der Waals surface area contributed by atoms with Gasteiger partial charge in [-0.05, 0) is 19.8 Å². The number of carbonyl (C=O) groups is 1. The molecule has 0 saturated heterocycles. The summed E-state index contributed by atoms with van der Waals surface area (Å²) < 4.78 is 42.0. The van der Waals surface area contributed by atoms with Gasteiger partial charge >= 0.3 is 12.1 Å². The van der Waals surface area contributed by atoms with Crippen LogP contribution < -0.4 is 10.6 Å². The maximum absolute atomic E-state index is 12.5. The standard InChI is InChI=1S/C14H21F3N4O2S/c1-3-18-13(19-7-5-4-6-12(22)23-2)20-8-11-21-10(9-24-11)14(15,16)17/h9H,3-8H2,1-2H3,(H2,18,19,20). The largest absolute Gasteiger partial charge is 0.469 e. The number of ether oxygens (including phenoxy) is 1. The highest BCUT2D eigenvalue weighted by Crippen LogP contribution is 2.30. The Kier molecular flexibility index (Phi) is 8.51. The molecule has 6 nitrogen and oxygen atoms in total. The lowest BCUT2D eigenvalue weighted by molar-refractivity contribution is -0.141. The number of nitrogens with one attached hydrogen (secondary N) is 2. The lowest BCUT2D eigenvalue weighted by atomic mass is 10.2. The van der Waals surface area contributed by atoms with Crippen LogP contribution in [0.5, 0.6) is 0 Å². The fraction of sp³-hybridized carbons (Fsp3) is 0.643. The van der Waals surface area contributed by atoms with E-state index in [0.717, 1.165) is 23.1 Å². The Labute approximate surface area is 142 Å². The van der Waals surface area contributed by atoms with Gasteiger partial charge in [-0.15, -0.1) is 11.3 Å². The summed E-state index contributed by atoms with van der Waals surface area (Å²) in [6, 6.07) is 0. The number of thiazole rings is 1. The third-order valence-corrected chi connectivity index (χ3v) is 3.72. The third kappa shape index (κ3) is 7.62. The van der Waals surface area contributed by atoms with Gasteiger partial charge in [-0.1, -0.05) is 0 Å². The molecule has 1 aromatic rings. The molecule has 0 saturated carbocycles. The van der Waals surface area contributed by atoms with Crippen LogP contribution in [0.1, 0.15) is 36.9 Å². The molecule has 0 aliphatic carbocycles. The SMILES string of the molecule is CCNC(=NCc1nc(C(F)(F)F)cs1)NCCCCC(=O)OC. The number of esters is 1. The number of hydrogen-bond acceptors (Lipinski definition) is 5. The Morgan fingerprint density at radius 1 is 1.38 bits per heavy atom. The van der Waals surface area contributed by atoms with Crippen molar-refractivity contribution in [3.05, 3.63) is 16.1 Å². The maximum atomic E-state index is 12.5. The summed E-state index contributed by atoms with van der Waals surface area (Å²) in [5.74, 6) is 0.249. The Hall–Kier alpha value is -1.84. The van der Waals surface area contributed by atoms with E-state index in [2.05, 4.69) is 25.3 Å². The first kappa shape index (κ1) is 20.2. The minimum absolute atomic E-state index is 0.0677. The van der Waals surface area contributed by atoms with Crippen molar-refractivity contribution in [3.63, 3.8) is 0 Å². The van der Waals surface area contributed by atoms with E-state index in [0.29, 0.717) is 36.9 Å². The molecule has 0 unspecified atom stereocenters. The van der Waals surface area contributed by atoms with E-state index in [9.17, 15) is 18.0 Å². The van der Waals surface area contributed by atoms with Crippen molar-refractivity contribution >= 4 is 23.3 Å². The van der Waals surface area contributed by atoms with Gasteiger partial charge in [0.05, 0.1) is 13.7 Å². The highest BCUT2D eigenvalue weighted by Gasteiger charge is 2.33. The Balaban J connectivity index is 2.44. The fourth-order valence-corrected chi connectivity index (χ4v) is 2.43. The number of methoxy groups -OCH3 is 1. The van der Waals surface area contributed by atoms with Gasteiger partial charge in [0.25, 0.3) is 0 Å². The second kappa shape index (κ2) is 10.1. The maximum Gasteiger partial charge on any atom is 0.434 e. The predicted molar refractivity (Wildman–Crippen MR) is 85.8 cm³/mol. The highest BCUT2D eigenvalue weighted by atomic mass is 32.1. The van der Waals surface area contributed by atoms with Crippen molar-refractivity contribution in [2.24, 2.45) is 4.99 Å². The second-order valence-corrected chi connectivity index (χ2v) is 5.72. The van der Waals surface area contributed by atoms with E-state index in [-0.39, 0.29) is 12.5 Å². The van der Waals surface area contributed by atoms with E-state index < -0.39 is 11.9 Å². The zero-order chi connectivity index (χ0) is 18.0. The number of guanidine groups is 1. The minimum Gasteiger partial charge on any atom is -0.469 e. The van der Waals surface area contributed by atoms with E-state index in [1.54, 1.807) is 0 Å². The Bertz CT molecular complexity index is 546. The molecule has 0 fully saturated rings. The summed E-state index contributed by atoms with van der Waals surface area (Å²) in [6.07, 6.45) is -2.65. The summed E-state index contributed by atoms with van der Waals surface area (Å²) in [4.78, 5) is 18.7. The predicted octanol–water partition coefficient (Wildman–Crippen LogP) is 2.56. The molecule has 0 atom stereocenters. The first-order valence-electron chi connectivity index (χ1n) is 7.47. The molecule has 0 amide bonds. The molecule has 0 bridgehead atoms. The molecule has 1 rings (SSSR count). The van der Waals surface area contributed by atoms with Gasteiger partial charge in [0, 0.05) is 24.9 Å². The van der Waals surface area contributed by atoms with Gasteiger partial charge in [-0.2, -0.15) is 13.2 Å². The van der Waals surface area contributed by atoms with Gasteiger partial charge in [-0.25, -0.2) is 9.98 Å². The third-order valence-electron chi connectivity index (χ3n) is 2.89. The first-order valence-corrected chi connectivity index (χ1v) is 8.35. The molecule has 2 N–H and O–H groups in total. The molecule has 0 aliphatic heterocycles. The molecule has 1 aromatic heterocycles. The van der Waals surface area contributed by atoms with Crippen molar-refractivity contribution in [2.45, 2.75) is 38.9 Å². The topological polar surface area (TPSA) is 75.6 Å². The zero-order valence-corrected chi connectivity index (χ0v) is 14.4. The quantitative estimate of drug-likeness (QED) is 0.320. The lowest BCUT2D eigenvalue weighted by Crippen LogP contribution is -2.37. The number of hydrogen-bond donors (Lipinski definition) is 2. The van der Waals surface area contributed by atoms with Gasteiger partial charge in [-0.3, -0.25) is 4.79 Å². The van der Waals surface area contributed by atoms with Gasteiger partial charge in [0.2, 0.25) is 0 Å². The van der Waals surface area contributed by atoms with Crippen molar-refractivity contribution in [2.75, 3.05) is 20.2 Å². The molecular formula is C14H21F3N4O2S. The van der Waals surface area contributed by atoms with Crippen molar-refractivity contribution in [1.82, 2.24) is 15.6 Å². The molecule has 0 spiro atoms. The molecule has 1 heterocycles. The molecular weight excluding hydrogens is 345 g/mol. The number of nitrogens with zero attached hydrogens (tertiary/aromatic N) is 2. The van der Waals surface area contributed by atoms with E-state index in [1.807, 2.05) is 6.92 Å². The minimum atomic E-state index is -4.43.